The van der Waals surface area contributed by atoms with Crippen molar-refractivity contribution < 1.29 is 13.2 Å². The summed E-state index contributed by atoms with van der Waals surface area (Å²) in [4.78, 5) is 11.1. The summed E-state index contributed by atoms with van der Waals surface area (Å²) in [7, 11) is -3.30. The highest BCUT2D eigenvalue weighted by atomic mass is 32.2. The number of nitrogens with one attached hydrogen (secondary N) is 1. The first-order valence-corrected chi connectivity index (χ1v) is 6.92. The van der Waals surface area contributed by atoms with Crippen molar-refractivity contribution in [3.63, 3.8) is 0 Å². The van der Waals surface area contributed by atoms with Crippen LogP contribution < -0.4 is 11.1 Å². The molecule has 1 amide bonds. The largest absolute Gasteiger partial charge is 0.355 e. The van der Waals surface area contributed by atoms with Crippen LogP contribution in [-0.4, -0.2) is 38.4 Å². The van der Waals surface area contributed by atoms with Gasteiger partial charge in [-0.1, -0.05) is 6.92 Å². The van der Waals surface area contributed by atoms with Crippen LogP contribution in [0.1, 0.15) is 26.7 Å². The van der Waals surface area contributed by atoms with Crippen LogP contribution in [0, 0.1) is 0 Å². The molecule has 0 rings (SSSR count). The van der Waals surface area contributed by atoms with Crippen LogP contribution >= 0.6 is 0 Å². The lowest BCUT2D eigenvalue weighted by molar-refractivity contribution is -0.118. The minimum Gasteiger partial charge on any atom is -0.355 e. The molecule has 90 valence electrons. The Balaban J connectivity index is 3.97. The Bertz CT molecular complexity index is 286. The summed E-state index contributed by atoms with van der Waals surface area (Å²) in [5.74, 6) is -0.884. The topological polar surface area (TPSA) is 89.3 Å². The minimum atomic E-state index is -3.30. The van der Waals surface area contributed by atoms with Gasteiger partial charge in [0, 0.05) is 12.6 Å². The number of hydrogen-bond acceptors (Lipinski definition) is 4. The Morgan fingerprint density at radius 3 is 2.53 bits per heavy atom. The second-order valence-electron chi connectivity index (χ2n) is 3.71. The third-order valence-corrected chi connectivity index (χ3v) is 3.37. The Morgan fingerprint density at radius 1 is 1.47 bits per heavy atom. The lowest BCUT2D eigenvalue weighted by atomic mass is 10.3. The maximum atomic E-state index is 11.4. The molecular weight excluding hydrogens is 216 g/mol. The van der Waals surface area contributed by atoms with E-state index >= 15 is 0 Å². The summed E-state index contributed by atoms with van der Waals surface area (Å²) in [5, 5.41) is 2.53. The Hall–Kier alpha value is -0.620. The fourth-order valence-electron chi connectivity index (χ4n) is 0.953. The molecule has 0 heterocycles. The van der Waals surface area contributed by atoms with Crippen LogP contribution in [0.5, 0.6) is 0 Å². The molecule has 0 spiro atoms. The van der Waals surface area contributed by atoms with Crippen molar-refractivity contribution >= 4 is 15.7 Å². The van der Waals surface area contributed by atoms with Crippen LogP contribution in [0.2, 0.25) is 0 Å². The van der Waals surface area contributed by atoms with Crippen LogP contribution in [0.15, 0.2) is 0 Å². The zero-order valence-corrected chi connectivity index (χ0v) is 10.1. The van der Waals surface area contributed by atoms with Gasteiger partial charge in [-0.25, -0.2) is 8.42 Å². The van der Waals surface area contributed by atoms with Gasteiger partial charge in [-0.3, -0.25) is 4.79 Å². The first-order chi connectivity index (χ1) is 6.87. The Kier molecular flexibility index (Phi) is 6.51. The molecule has 0 aliphatic heterocycles. The predicted octanol–water partition coefficient (Wildman–Crippen LogP) is -0.335. The molecular formula is C9H20N2O3S. The van der Waals surface area contributed by atoms with Gasteiger partial charge in [0.25, 0.3) is 0 Å². The normalized spacial score (nSPS) is 13.5. The third-order valence-electron chi connectivity index (χ3n) is 1.81. The van der Waals surface area contributed by atoms with E-state index in [0.717, 1.165) is 6.42 Å². The molecule has 1 atom stereocenters. The summed E-state index contributed by atoms with van der Waals surface area (Å²) in [6.45, 7) is 4.17. The second-order valence-corrected chi connectivity index (χ2v) is 5.89. The van der Waals surface area contributed by atoms with Crippen LogP contribution in [0.25, 0.3) is 0 Å². The molecule has 0 aliphatic carbocycles. The van der Waals surface area contributed by atoms with E-state index in [1.54, 1.807) is 6.92 Å². The highest BCUT2D eigenvalue weighted by molar-refractivity contribution is 7.92. The van der Waals surface area contributed by atoms with Crippen molar-refractivity contribution in [3.05, 3.63) is 0 Å². The molecule has 5 nitrogen and oxygen atoms in total. The van der Waals surface area contributed by atoms with E-state index in [4.69, 9.17) is 5.73 Å². The SMILES string of the molecule is CCCNC(=O)CS(=O)(=O)CCC(C)N. The number of sulfone groups is 1. The van der Waals surface area contributed by atoms with Gasteiger partial charge < -0.3 is 11.1 Å². The van der Waals surface area contributed by atoms with Crippen molar-refractivity contribution in [2.75, 3.05) is 18.1 Å². The number of carbonyl (C=O) groups excluding carboxylic acids is 1. The molecule has 0 radical (unpaired) electrons. The van der Waals surface area contributed by atoms with E-state index in [0.29, 0.717) is 13.0 Å². The average molecular weight is 236 g/mol. The molecule has 0 aromatic carbocycles. The first kappa shape index (κ1) is 14.4. The van der Waals surface area contributed by atoms with Crippen LogP contribution in [0.3, 0.4) is 0 Å². The molecule has 0 aliphatic rings. The van der Waals surface area contributed by atoms with Crippen molar-refractivity contribution in [2.45, 2.75) is 32.7 Å². The Morgan fingerprint density at radius 2 is 2.07 bits per heavy atom. The number of nitrogens with two attached hydrogens (primary N) is 1. The maximum absolute atomic E-state index is 11.4. The lowest BCUT2D eigenvalue weighted by Crippen LogP contribution is -2.32. The lowest BCUT2D eigenvalue weighted by Gasteiger charge is -2.06. The number of hydrogen-bond donors (Lipinski definition) is 2. The van der Waals surface area contributed by atoms with Gasteiger partial charge in [-0.15, -0.1) is 0 Å². The van der Waals surface area contributed by atoms with Crippen molar-refractivity contribution in [3.8, 4) is 0 Å². The number of rotatable bonds is 7. The second kappa shape index (κ2) is 6.79. The molecule has 0 saturated carbocycles. The molecule has 15 heavy (non-hydrogen) atoms. The maximum Gasteiger partial charge on any atom is 0.235 e. The fraction of sp³-hybridized carbons (Fsp3) is 0.889. The molecule has 0 fully saturated rings. The van der Waals surface area contributed by atoms with Crippen molar-refractivity contribution in [1.82, 2.24) is 5.32 Å². The van der Waals surface area contributed by atoms with Crippen molar-refractivity contribution in [1.29, 1.82) is 0 Å². The van der Waals surface area contributed by atoms with E-state index in [2.05, 4.69) is 5.32 Å². The van der Waals surface area contributed by atoms with E-state index in [-0.39, 0.29) is 11.8 Å². The molecule has 0 bridgehead atoms. The van der Waals surface area contributed by atoms with E-state index < -0.39 is 21.5 Å². The van der Waals surface area contributed by atoms with Crippen molar-refractivity contribution in [2.24, 2.45) is 5.73 Å². The Labute approximate surface area is 91.3 Å². The van der Waals surface area contributed by atoms with Crippen LogP contribution in [0.4, 0.5) is 0 Å². The molecule has 3 N–H and O–H groups in total. The standard InChI is InChI=1S/C9H20N2O3S/c1-3-5-11-9(12)7-15(13,14)6-4-8(2)10/h8H,3-7,10H2,1-2H3,(H,11,12). The summed E-state index contributed by atoms with van der Waals surface area (Å²) < 4.78 is 22.8. The van der Waals surface area contributed by atoms with Gasteiger partial charge in [0.1, 0.15) is 5.75 Å². The molecule has 0 saturated heterocycles. The number of carbonyl (C=O) groups is 1. The fourth-order valence-corrected chi connectivity index (χ4v) is 2.33. The minimum absolute atomic E-state index is 0.0236. The summed E-state index contributed by atoms with van der Waals surface area (Å²) in [6, 6.07) is -0.154. The summed E-state index contributed by atoms with van der Waals surface area (Å²) in [6.07, 6.45) is 1.19. The van der Waals surface area contributed by atoms with Gasteiger partial charge in [0.15, 0.2) is 9.84 Å². The molecule has 6 heteroatoms. The van der Waals surface area contributed by atoms with Gasteiger partial charge in [0.2, 0.25) is 5.91 Å². The predicted molar refractivity (Wildman–Crippen MR) is 60.2 cm³/mol. The van der Waals surface area contributed by atoms with Gasteiger partial charge >= 0.3 is 0 Å². The van der Waals surface area contributed by atoms with E-state index in [1.807, 2.05) is 6.92 Å². The first-order valence-electron chi connectivity index (χ1n) is 5.10. The van der Waals surface area contributed by atoms with Gasteiger partial charge in [-0.05, 0) is 19.8 Å². The molecule has 1 unspecified atom stereocenters. The van der Waals surface area contributed by atoms with E-state index in [9.17, 15) is 13.2 Å². The van der Waals surface area contributed by atoms with Gasteiger partial charge in [-0.2, -0.15) is 0 Å². The zero-order chi connectivity index (χ0) is 11.9. The quantitative estimate of drug-likeness (QED) is 0.633. The van der Waals surface area contributed by atoms with E-state index in [1.165, 1.54) is 0 Å². The summed E-state index contributed by atoms with van der Waals surface area (Å²) in [5.41, 5.74) is 5.45. The monoisotopic (exact) mass is 236 g/mol. The van der Waals surface area contributed by atoms with Crippen LogP contribution in [-0.2, 0) is 14.6 Å². The van der Waals surface area contributed by atoms with Gasteiger partial charge in [0.05, 0.1) is 5.75 Å². The highest BCUT2D eigenvalue weighted by Crippen LogP contribution is 1.96. The molecule has 0 aromatic heterocycles. The smallest absolute Gasteiger partial charge is 0.235 e. The average Bonchev–Trinajstić information content (AvgIpc) is 2.11. The zero-order valence-electron chi connectivity index (χ0n) is 9.32. The summed E-state index contributed by atoms with van der Waals surface area (Å²) >= 11 is 0. The third kappa shape index (κ3) is 8.38. The molecule has 0 aromatic rings. The number of amides is 1. The highest BCUT2D eigenvalue weighted by Gasteiger charge is 2.16.